The summed E-state index contributed by atoms with van der Waals surface area (Å²) in [5.74, 6) is 0.657. The third-order valence-corrected chi connectivity index (χ3v) is 6.04. The Morgan fingerprint density at radius 1 is 1.06 bits per heavy atom. The summed E-state index contributed by atoms with van der Waals surface area (Å²) in [6.07, 6.45) is 5.37. The molecule has 0 radical (unpaired) electrons. The molecule has 1 heterocycles. The van der Waals surface area contributed by atoms with Crippen molar-refractivity contribution < 1.29 is 4.79 Å². The summed E-state index contributed by atoms with van der Waals surface area (Å²) in [7, 11) is 0. The molecule has 0 aliphatic rings. The first-order valence-corrected chi connectivity index (χ1v) is 12.0. The average Bonchev–Trinajstić information content (AvgIpc) is 2.80. The molecule has 0 bridgehead atoms. The van der Waals surface area contributed by atoms with Gasteiger partial charge in [-0.25, -0.2) is 4.98 Å². The van der Waals surface area contributed by atoms with Gasteiger partial charge in [0, 0.05) is 18.0 Å². The Morgan fingerprint density at radius 2 is 1.84 bits per heavy atom. The molecule has 5 nitrogen and oxygen atoms in total. The van der Waals surface area contributed by atoms with Crippen molar-refractivity contribution in [1.29, 1.82) is 0 Å². The molecule has 0 saturated heterocycles. The molecule has 3 rings (SSSR count). The maximum atomic E-state index is 13.6. The van der Waals surface area contributed by atoms with E-state index in [1.807, 2.05) is 49.1 Å². The molecule has 1 unspecified atom stereocenters. The monoisotopic (exact) mass is 453 g/mol. The lowest BCUT2D eigenvalue weighted by molar-refractivity contribution is -0.133. The molecular weight excluding hydrogens is 422 g/mol. The van der Waals surface area contributed by atoms with Gasteiger partial charge in [-0.1, -0.05) is 69.8 Å². The number of hydrogen-bond acceptors (Lipinski definition) is 3. The van der Waals surface area contributed by atoms with E-state index < -0.39 is 0 Å². The quantitative estimate of drug-likeness (QED) is 0.338. The van der Waals surface area contributed by atoms with Crippen LogP contribution in [0.3, 0.4) is 0 Å². The Labute approximate surface area is 195 Å². The fourth-order valence-electron chi connectivity index (χ4n) is 4.15. The smallest absolute Gasteiger partial charge is 0.266 e. The van der Waals surface area contributed by atoms with Crippen LogP contribution in [0, 0.1) is 0 Å². The van der Waals surface area contributed by atoms with Gasteiger partial charge in [-0.05, 0) is 43.2 Å². The maximum absolute atomic E-state index is 13.6. The van der Waals surface area contributed by atoms with Crippen molar-refractivity contribution in [3.63, 3.8) is 0 Å². The van der Waals surface area contributed by atoms with Crippen LogP contribution in [0.2, 0.25) is 5.02 Å². The lowest BCUT2D eigenvalue weighted by Crippen LogP contribution is -2.38. The van der Waals surface area contributed by atoms with E-state index in [1.165, 1.54) is 0 Å². The number of rotatable bonds is 10. The van der Waals surface area contributed by atoms with Crippen molar-refractivity contribution >= 4 is 28.4 Å². The summed E-state index contributed by atoms with van der Waals surface area (Å²) < 4.78 is 1.63. The zero-order valence-electron chi connectivity index (χ0n) is 19.2. The molecule has 0 aliphatic heterocycles. The minimum atomic E-state index is -0.305. The molecule has 1 amide bonds. The van der Waals surface area contributed by atoms with Crippen molar-refractivity contribution in [1.82, 2.24) is 14.5 Å². The van der Waals surface area contributed by atoms with E-state index in [1.54, 1.807) is 22.8 Å². The number of benzene rings is 2. The van der Waals surface area contributed by atoms with Crippen LogP contribution in [0.4, 0.5) is 0 Å². The van der Waals surface area contributed by atoms with Crippen LogP contribution in [-0.2, 0) is 4.79 Å². The lowest BCUT2D eigenvalue weighted by atomic mass is 10.1. The minimum Gasteiger partial charge on any atom is -0.333 e. The summed E-state index contributed by atoms with van der Waals surface area (Å²) in [5.41, 5.74) is 1.14. The maximum Gasteiger partial charge on any atom is 0.266 e. The van der Waals surface area contributed by atoms with E-state index >= 15 is 0 Å². The second-order valence-corrected chi connectivity index (χ2v) is 8.47. The van der Waals surface area contributed by atoms with E-state index in [4.69, 9.17) is 16.6 Å². The molecule has 2 aromatic carbocycles. The van der Waals surface area contributed by atoms with Crippen LogP contribution in [0.1, 0.15) is 71.2 Å². The molecule has 32 heavy (non-hydrogen) atoms. The molecule has 3 aromatic rings. The third-order valence-electron chi connectivity index (χ3n) is 5.80. The second-order valence-electron chi connectivity index (χ2n) is 8.03. The number of carbonyl (C=O) groups excluding carboxylic acids is 1. The van der Waals surface area contributed by atoms with Crippen LogP contribution in [-0.4, -0.2) is 26.9 Å². The highest BCUT2D eigenvalue weighted by atomic mass is 35.5. The Kier molecular flexibility index (Phi) is 8.46. The van der Waals surface area contributed by atoms with Crippen LogP contribution in [0.5, 0.6) is 0 Å². The van der Waals surface area contributed by atoms with Gasteiger partial charge in [-0.3, -0.25) is 14.2 Å². The summed E-state index contributed by atoms with van der Waals surface area (Å²) in [6, 6.07) is 14.3. The highest BCUT2D eigenvalue weighted by Crippen LogP contribution is 2.28. The van der Waals surface area contributed by atoms with Gasteiger partial charge in [0.05, 0.1) is 22.6 Å². The Hall–Kier alpha value is -2.66. The molecule has 0 fully saturated rings. The number of aromatic nitrogens is 2. The summed E-state index contributed by atoms with van der Waals surface area (Å²) in [4.78, 5) is 33.4. The number of carbonyl (C=O) groups is 1. The SMILES string of the molecule is CCCCCCN(C(=O)CC)C(CC)c1nc2ccccc2c(=O)n1-c1cccc(Cl)c1. The number of para-hydroxylation sites is 1. The van der Waals surface area contributed by atoms with Crippen LogP contribution in [0.15, 0.2) is 53.3 Å². The van der Waals surface area contributed by atoms with Gasteiger partial charge in [0.25, 0.3) is 5.56 Å². The molecule has 170 valence electrons. The second kappa shape index (κ2) is 11.3. The lowest BCUT2D eigenvalue weighted by Gasteiger charge is -2.32. The van der Waals surface area contributed by atoms with E-state index in [9.17, 15) is 9.59 Å². The van der Waals surface area contributed by atoms with Gasteiger partial charge in [0.15, 0.2) is 0 Å². The summed E-state index contributed by atoms with van der Waals surface area (Å²) in [6.45, 7) is 6.75. The van der Waals surface area contributed by atoms with E-state index in [-0.39, 0.29) is 17.5 Å². The molecular formula is C26H32ClN3O2. The molecule has 0 aliphatic carbocycles. The highest BCUT2D eigenvalue weighted by molar-refractivity contribution is 6.30. The highest BCUT2D eigenvalue weighted by Gasteiger charge is 2.28. The number of hydrogen-bond donors (Lipinski definition) is 0. The van der Waals surface area contributed by atoms with E-state index in [2.05, 4.69) is 6.92 Å². The van der Waals surface area contributed by atoms with Gasteiger partial charge in [0.2, 0.25) is 5.91 Å². The molecule has 1 atom stereocenters. The molecule has 0 spiro atoms. The fourth-order valence-corrected chi connectivity index (χ4v) is 4.33. The number of amides is 1. The van der Waals surface area contributed by atoms with Gasteiger partial charge >= 0.3 is 0 Å². The molecule has 0 saturated carbocycles. The zero-order valence-corrected chi connectivity index (χ0v) is 19.9. The minimum absolute atomic E-state index is 0.0772. The van der Waals surface area contributed by atoms with Gasteiger partial charge < -0.3 is 4.90 Å². The van der Waals surface area contributed by atoms with Crippen LogP contribution < -0.4 is 5.56 Å². The van der Waals surface area contributed by atoms with E-state index in [0.29, 0.717) is 46.8 Å². The predicted octanol–water partition coefficient (Wildman–Crippen LogP) is 6.31. The first kappa shape index (κ1) is 24.0. The first-order valence-electron chi connectivity index (χ1n) is 11.6. The number of halogens is 1. The summed E-state index contributed by atoms with van der Waals surface area (Å²) in [5, 5.41) is 1.09. The molecule has 0 N–H and O–H groups in total. The molecule has 1 aromatic heterocycles. The van der Waals surface area contributed by atoms with Crippen molar-refractivity contribution in [3.8, 4) is 5.69 Å². The number of fused-ring (bicyclic) bond motifs is 1. The first-order chi connectivity index (χ1) is 15.5. The number of nitrogens with zero attached hydrogens (tertiary/aromatic N) is 3. The van der Waals surface area contributed by atoms with Crippen molar-refractivity contribution in [2.45, 2.75) is 65.3 Å². The van der Waals surface area contributed by atoms with Gasteiger partial charge in [-0.15, -0.1) is 0 Å². The van der Waals surface area contributed by atoms with Crippen molar-refractivity contribution in [3.05, 3.63) is 69.7 Å². The fraction of sp³-hybridized carbons (Fsp3) is 0.423. The van der Waals surface area contributed by atoms with E-state index in [0.717, 1.165) is 25.7 Å². The standard InChI is InChI=1S/C26H32ClN3O2/c1-4-7-8-11-17-29(24(31)6-3)23(5-2)25-28-22-16-10-9-15-21(22)26(32)30(25)20-14-12-13-19(27)18-20/h9-10,12-16,18,23H,4-8,11,17H2,1-3H3. The van der Waals surface area contributed by atoms with Crippen molar-refractivity contribution in [2.75, 3.05) is 6.54 Å². The Balaban J connectivity index is 2.19. The van der Waals surface area contributed by atoms with Crippen molar-refractivity contribution in [2.24, 2.45) is 0 Å². The zero-order chi connectivity index (χ0) is 23.1. The third kappa shape index (κ3) is 5.21. The predicted molar refractivity (Wildman–Crippen MR) is 132 cm³/mol. The topological polar surface area (TPSA) is 55.2 Å². The van der Waals surface area contributed by atoms with Crippen LogP contribution in [0.25, 0.3) is 16.6 Å². The van der Waals surface area contributed by atoms with Gasteiger partial charge in [-0.2, -0.15) is 0 Å². The summed E-state index contributed by atoms with van der Waals surface area (Å²) >= 11 is 6.26. The Morgan fingerprint density at radius 3 is 2.53 bits per heavy atom. The average molecular weight is 454 g/mol. The normalized spacial score (nSPS) is 12.1. The van der Waals surface area contributed by atoms with Gasteiger partial charge in [0.1, 0.15) is 5.82 Å². The van der Waals surface area contributed by atoms with Crippen LogP contribution >= 0.6 is 11.6 Å². The largest absolute Gasteiger partial charge is 0.333 e. The Bertz CT molecular complexity index is 1130. The number of unbranched alkanes of at least 4 members (excludes halogenated alkanes) is 3. The molecule has 6 heteroatoms.